The number of hydrogen-bond acceptors (Lipinski definition) is 4. The number of rotatable bonds is 2. The second-order valence-corrected chi connectivity index (χ2v) is 3.83. The number of carbonyl (C=O) groups excluding carboxylic acids is 1. The van der Waals surface area contributed by atoms with Crippen LogP contribution in [-0.4, -0.2) is 17.0 Å². The van der Waals surface area contributed by atoms with Crippen molar-refractivity contribution < 1.29 is 4.79 Å². The maximum atomic E-state index is 10.7. The van der Waals surface area contributed by atoms with Crippen LogP contribution in [0.2, 0.25) is 0 Å². The zero-order valence-electron chi connectivity index (χ0n) is 5.75. The van der Waals surface area contributed by atoms with Gasteiger partial charge in [0.05, 0.1) is 11.1 Å². The molecule has 1 aromatic heterocycles. The van der Waals surface area contributed by atoms with Gasteiger partial charge in [0.1, 0.15) is 4.34 Å². The molecule has 0 saturated heterocycles. The van der Waals surface area contributed by atoms with Gasteiger partial charge in [0, 0.05) is 6.92 Å². The Morgan fingerprint density at radius 2 is 2.50 bits per heavy atom. The molecule has 0 aliphatic heterocycles. The molecule has 0 saturated carbocycles. The summed E-state index contributed by atoms with van der Waals surface area (Å²) in [6.07, 6.45) is 3.57. The van der Waals surface area contributed by atoms with Gasteiger partial charge in [-0.15, -0.1) is 11.3 Å². The van der Waals surface area contributed by atoms with E-state index in [2.05, 4.69) is 4.98 Å². The van der Waals surface area contributed by atoms with Crippen LogP contribution >= 0.6 is 23.1 Å². The lowest BCUT2D eigenvalue weighted by molar-refractivity contribution is 0.102. The predicted molar refractivity (Wildman–Crippen MR) is 43.9 cm³/mol. The Morgan fingerprint density at radius 3 is 2.80 bits per heavy atom. The number of Topliss-reactive ketones (excluding diaryl/α,β-unsaturated/α-hetero) is 1. The second-order valence-electron chi connectivity index (χ2n) is 1.75. The minimum atomic E-state index is 0.0952. The van der Waals surface area contributed by atoms with Crippen molar-refractivity contribution in [2.24, 2.45) is 0 Å². The van der Waals surface area contributed by atoms with E-state index in [1.165, 1.54) is 11.3 Å². The van der Waals surface area contributed by atoms with Crippen LogP contribution in [-0.2, 0) is 0 Å². The smallest absolute Gasteiger partial charge is 0.171 e. The van der Waals surface area contributed by atoms with Crippen molar-refractivity contribution in [2.45, 2.75) is 11.3 Å². The summed E-state index contributed by atoms with van der Waals surface area (Å²) in [6, 6.07) is 0. The molecular weight excluding hydrogens is 166 g/mol. The lowest BCUT2D eigenvalue weighted by Gasteiger charge is -1.81. The first-order valence-corrected chi connectivity index (χ1v) is 4.79. The maximum absolute atomic E-state index is 10.7. The second kappa shape index (κ2) is 3.16. The fraction of sp³-hybridized carbons (Fsp3) is 0.333. The summed E-state index contributed by atoms with van der Waals surface area (Å²) in [5.74, 6) is 0.0952. The highest BCUT2D eigenvalue weighted by Gasteiger charge is 2.03. The quantitative estimate of drug-likeness (QED) is 0.506. The van der Waals surface area contributed by atoms with Gasteiger partial charge in [0.15, 0.2) is 5.78 Å². The van der Waals surface area contributed by atoms with E-state index < -0.39 is 0 Å². The largest absolute Gasteiger partial charge is 0.294 e. The summed E-state index contributed by atoms with van der Waals surface area (Å²) in [4.78, 5) is 15.5. The Morgan fingerprint density at radius 1 is 1.80 bits per heavy atom. The molecular formula is C6H7NOS2. The topological polar surface area (TPSA) is 30.0 Å². The summed E-state index contributed by atoms with van der Waals surface area (Å²) in [6.45, 7) is 1.55. The summed E-state index contributed by atoms with van der Waals surface area (Å²) in [5, 5.41) is 0. The first kappa shape index (κ1) is 7.75. The highest BCUT2D eigenvalue weighted by molar-refractivity contribution is 8.00. The van der Waals surface area contributed by atoms with E-state index in [-0.39, 0.29) is 5.78 Å². The number of nitrogens with zero attached hydrogens (tertiary/aromatic N) is 1. The van der Waals surface area contributed by atoms with E-state index in [4.69, 9.17) is 0 Å². The van der Waals surface area contributed by atoms with E-state index >= 15 is 0 Å². The van der Waals surface area contributed by atoms with Crippen molar-refractivity contribution in [3.05, 3.63) is 11.1 Å². The van der Waals surface area contributed by atoms with Crippen LogP contribution in [0.15, 0.2) is 10.5 Å². The first-order chi connectivity index (χ1) is 4.74. The van der Waals surface area contributed by atoms with Gasteiger partial charge in [0.25, 0.3) is 0 Å². The zero-order chi connectivity index (χ0) is 7.56. The first-order valence-electron chi connectivity index (χ1n) is 2.75. The third-order valence-electron chi connectivity index (χ3n) is 1.01. The van der Waals surface area contributed by atoms with Gasteiger partial charge in [-0.2, -0.15) is 0 Å². The molecule has 0 aliphatic carbocycles. The Kier molecular flexibility index (Phi) is 2.45. The van der Waals surface area contributed by atoms with Crippen LogP contribution in [0.5, 0.6) is 0 Å². The highest BCUT2D eigenvalue weighted by atomic mass is 32.2. The van der Waals surface area contributed by atoms with E-state index in [1.807, 2.05) is 6.26 Å². The standard InChI is InChI=1S/C6H7NOS2/c1-4(8)5-3-7-6(9-2)10-5/h3H,1-2H3. The molecule has 0 fully saturated rings. The number of aromatic nitrogens is 1. The van der Waals surface area contributed by atoms with Crippen molar-refractivity contribution in [2.75, 3.05) is 6.26 Å². The monoisotopic (exact) mass is 173 g/mol. The van der Waals surface area contributed by atoms with E-state index in [0.29, 0.717) is 0 Å². The third-order valence-corrected chi connectivity index (χ3v) is 3.10. The average Bonchev–Trinajstić information content (AvgIpc) is 2.34. The lowest BCUT2D eigenvalue weighted by atomic mass is 10.4. The molecule has 54 valence electrons. The van der Waals surface area contributed by atoms with Crippen LogP contribution < -0.4 is 0 Å². The van der Waals surface area contributed by atoms with Crippen molar-refractivity contribution in [1.82, 2.24) is 4.98 Å². The minimum Gasteiger partial charge on any atom is -0.294 e. The van der Waals surface area contributed by atoms with Crippen molar-refractivity contribution in [1.29, 1.82) is 0 Å². The number of thiazole rings is 1. The van der Waals surface area contributed by atoms with Gasteiger partial charge >= 0.3 is 0 Å². The molecule has 0 N–H and O–H groups in total. The molecule has 4 heteroatoms. The van der Waals surface area contributed by atoms with E-state index in [1.54, 1.807) is 24.9 Å². The molecule has 0 atom stereocenters. The molecule has 1 aromatic rings. The van der Waals surface area contributed by atoms with Crippen LogP contribution in [0.1, 0.15) is 16.6 Å². The summed E-state index contributed by atoms with van der Waals surface area (Å²) >= 11 is 3.01. The molecule has 0 unspecified atom stereocenters. The minimum absolute atomic E-state index is 0.0952. The number of carbonyl (C=O) groups is 1. The fourth-order valence-corrected chi connectivity index (χ4v) is 1.82. The Bertz CT molecular complexity index is 244. The predicted octanol–water partition coefficient (Wildman–Crippen LogP) is 2.07. The van der Waals surface area contributed by atoms with E-state index in [9.17, 15) is 4.79 Å². The van der Waals surface area contributed by atoms with Crippen LogP contribution in [0, 0.1) is 0 Å². The highest BCUT2D eigenvalue weighted by Crippen LogP contribution is 2.21. The van der Waals surface area contributed by atoms with Gasteiger partial charge in [-0.1, -0.05) is 11.8 Å². The Hall–Kier alpha value is -0.350. The number of hydrogen-bond donors (Lipinski definition) is 0. The van der Waals surface area contributed by atoms with E-state index in [0.717, 1.165) is 9.22 Å². The summed E-state index contributed by atoms with van der Waals surface area (Å²) in [7, 11) is 0. The van der Waals surface area contributed by atoms with Crippen LogP contribution in [0.4, 0.5) is 0 Å². The summed E-state index contributed by atoms with van der Waals surface area (Å²) < 4.78 is 0.949. The molecule has 10 heavy (non-hydrogen) atoms. The van der Waals surface area contributed by atoms with Crippen LogP contribution in [0.3, 0.4) is 0 Å². The summed E-state index contributed by atoms with van der Waals surface area (Å²) in [5.41, 5.74) is 0. The van der Waals surface area contributed by atoms with Crippen molar-refractivity contribution >= 4 is 28.9 Å². The maximum Gasteiger partial charge on any atom is 0.171 e. The fourth-order valence-electron chi connectivity index (χ4n) is 0.515. The van der Waals surface area contributed by atoms with Crippen LogP contribution in [0.25, 0.3) is 0 Å². The molecule has 0 radical (unpaired) electrons. The van der Waals surface area contributed by atoms with Gasteiger partial charge in [-0.3, -0.25) is 4.79 Å². The number of ketones is 1. The molecule has 0 bridgehead atoms. The van der Waals surface area contributed by atoms with Gasteiger partial charge in [-0.25, -0.2) is 4.98 Å². The Labute approximate surface area is 67.7 Å². The molecule has 0 amide bonds. The van der Waals surface area contributed by atoms with Gasteiger partial charge in [0.2, 0.25) is 0 Å². The van der Waals surface area contributed by atoms with Gasteiger partial charge < -0.3 is 0 Å². The average molecular weight is 173 g/mol. The molecule has 0 aromatic carbocycles. The SMILES string of the molecule is CSc1ncc(C(C)=O)s1. The molecule has 0 aliphatic rings. The molecule has 2 nitrogen and oxygen atoms in total. The zero-order valence-corrected chi connectivity index (χ0v) is 7.38. The molecule has 1 heterocycles. The van der Waals surface area contributed by atoms with Crippen molar-refractivity contribution in [3.8, 4) is 0 Å². The number of thioether (sulfide) groups is 1. The van der Waals surface area contributed by atoms with Gasteiger partial charge in [-0.05, 0) is 6.26 Å². The third kappa shape index (κ3) is 1.58. The molecule has 0 spiro atoms. The molecule has 1 rings (SSSR count). The lowest BCUT2D eigenvalue weighted by Crippen LogP contribution is -1.83. The Balaban J connectivity index is 2.88. The van der Waals surface area contributed by atoms with Crippen molar-refractivity contribution in [3.63, 3.8) is 0 Å². The normalized spacial score (nSPS) is 9.80.